The Balaban J connectivity index is -0.000000540. The molecule has 0 aliphatic carbocycles. The summed E-state index contributed by atoms with van der Waals surface area (Å²) < 4.78 is 0. The van der Waals surface area contributed by atoms with Gasteiger partial charge in [0.2, 0.25) is 0 Å². The van der Waals surface area contributed by atoms with Crippen LogP contribution >= 0.6 is 0 Å². The molecule has 0 aromatic heterocycles. The molecule has 0 aliphatic rings. The Morgan fingerprint density at radius 3 is 1.70 bits per heavy atom. The maximum Gasteiger partial charge on any atom is 2.00 e. The average Bonchev–Trinajstić information content (AvgIpc) is 2.31. The molecule has 0 fully saturated rings. The molecule has 0 radical (unpaired) electrons. The molecule has 0 rings (SSSR count). The predicted molar refractivity (Wildman–Crippen MR) is 83.1 cm³/mol. The van der Waals surface area contributed by atoms with E-state index in [9.17, 15) is 19.8 Å². The summed E-state index contributed by atoms with van der Waals surface area (Å²) in [6.45, 7) is 5.50. The van der Waals surface area contributed by atoms with E-state index in [1.165, 1.54) is 19.3 Å². The molecule has 5 heteroatoms. The first-order valence-electron chi connectivity index (χ1n) is 7.36. The molecule has 0 spiro atoms. The van der Waals surface area contributed by atoms with E-state index in [1.54, 1.807) is 13.8 Å². The number of carboxylic acid groups (broad SMARTS) is 2. The molecule has 4 nitrogen and oxygen atoms in total. The minimum Gasteiger partial charge on any atom is -1.00 e. The van der Waals surface area contributed by atoms with Crippen LogP contribution in [0.3, 0.4) is 0 Å². The topological polar surface area (TPSA) is 74.6 Å². The van der Waals surface area contributed by atoms with Gasteiger partial charge >= 0.3 is 49.7 Å². The molecule has 0 aliphatic heterocycles. The van der Waals surface area contributed by atoms with Gasteiger partial charge in [-0.3, -0.25) is 9.59 Å². The first-order valence-corrected chi connectivity index (χ1v) is 7.36. The van der Waals surface area contributed by atoms with E-state index in [0.29, 0.717) is 6.42 Å². The third-order valence-corrected chi connectivity index (χ3v) is 3.92. The molecule has 0 unspecified atom stereocenters. The molecule has 0 aromatic rings. The van der Waals surface area contributed by atoms with Gasteiger partial charge in [-0.25, -0.2) is 0 Å². The second kappa shape index (κ2) is 11.8. The Hall–Kier alpha value is 0.200. The Kier molecular flexibility index (Phi) is 13.3. The summed E-state index contributed by atoms with van der Waals surface area (Å²) >= 11 is 0. The van der Waals surface area contributed by atoms with Crippen molar-refractivity contribution in [3.8, 4) is 0 Å². The second-order valence-electron chi connectivity index (χ2n) is 5.61. The monoisotopic (exact) mass is 314 g/mol. The van der Waals surface area contributed by atoms with Crippen molar-refractivity contribution in [3.63, 3.8) is 0 Å². The average molecular weight is 314 g/mol. The summed E-state index contributed by atoms with van der Waals surface area (Å²) in [6, 6.07) is 0. The molecule has 0 heterocycles. The van der Waals surface area contributed by atoms with Crippen LogP contribution in [0, 0.1) is 11.3 Å². The van der Waals surface area contributed by atoms with Gasteiger partial charge in [0, 0.05) is 0 Å². The van der Waals surface area contributed by atoms with Gasteiger partial charge in [-0.15, -0.1) is 0 Å². The van der Waals surface area contributed by atoms with Crippen LogP contribution in [0.25, 0.3) is 0 Å². The van der Waals surface area contributed by atoms with E-state index in [2.05, 4.69) is 6.92 Å². The molecule has 2 N–H and O–H groups in total. The summed E-state index contributed by atoms with van der Waals surface area (Å²) in [5.74, 6) is -2.82. The summed E-state index contributed by atoms with van der Waals surface area (Å²) in [5, 5.41) is 18.5. The summed E-state index contributed by atoms with van der Waals surface area (Å²) in [6.07, 6.45) is 7.68. The fourth-order valence-electron chi connectivity index (χ4n) is 2.45. The van der Waals surface area contributed by atoms with Crippen LogP contribution in [0.5, 0.6) is 0 Å². The van der Waals surface area contributed by atoms with Crippen LogP contribution in [0.15, 0.2) is 0 Å². The molecule has 0 saturated carbocycles. The van der Waals surface area contributed by atoms with Crippen LogP contribution in [0.4, 0.5) is 0 Å². The van der Waals surface area contributed by atoms with Gasteiger partial charge in [-0.1, -0.05) is 65.7 Å². The second-order valence-corrected chi connectivity index (χ2v) is 5.61. The number of hydrogen-bond acceptors (Lipinski definition) is 2. The molecule has 0 amide bonds. The largest absolute Gasteiger partial charge is 2.00 e. The normalized spacial score (nSPS) is 11.2. The van der Waals surface area contributed by atoms with Gasteiger partial charge in [0.05, 0.1) is 0 Å². The number of rotatable bonds is 11. The number of hydrogen-bond donors (Lipinski definition) is 2. The zero-order valence-electron chi connectivity index (χ0n) is 15.2. The van der Waals surface area contributed by atoms with Gasteiger partial charge < -0.3 is 13.1 Å². The van der Waals surface area contributed by atoms with Crippen LogP contribution in [-0.2, 0) is 9.59 Å². The van der Waals surface area contributed by atoms with E-state index in [1.807, 2.05) is 0 Å². The Morgan fingerprint density at radius 1 is 0.950 bits per heavy atom. The summed E-state index contributed by atoms with van der Waals surface area (Å²) in [4.78, 5) is 22.7. The van der Waals surface area contributed by atoms with Crippen molar-refractivity contribution in [3.05, 3.63) is 0 Å². The van der Waals surface area contributed by atoms with Gasteiger partial charge in [0.1, 0.15) is 0 Å². The van der Waals surface area contributed by atoms with Crippen molar-refractivity contribution in [2.24, 2.45) is 11.3 Å². The van der Waals surface area contributed by atoms with E-state index >= 15 is 0 Å². The summed E-state index contributed by atoms with van der Waals surface area (Å²) in [5.41, 5.74) is -1.62. The van der Waals surface area contributed by atoms with E-state index in [4.69, 9.17) is 0 Å². The van der Waals surface area contributed by atoms with Gasteiger partial charge in [-0.05, 0) is 12.3 Å². The SMILES string of the molecule is CCCCCCCCCC(C(=O)O)(C(=O)O)C(C)C.[Ca+2].[H-].[H-]. The zero-order chi connectivity index (χ0) is 14.9. The molecule has 0 aromatic carbocycles. The van der Waals surface area contributed by atoms with E-state index < -0.39 is 23.3 Å². The fraction of sp³-hybridized carbons (Fsp3) is 0.867. The number of carboxylic acids is 2. The Morgan fingerprint density at radius 2 is 1.35 bits per heavy atom. The van der Waals surface area contributed by atoms with E-state index in [0.717, 1.165) is 19.3 Å². The van der Waals surface area contributed by atoms with E-state index in [-0.39, 0.29) is 47.0 Å². The Labute approximate surface area is 155 Å². The van der Waals surface area contributed by atoms with Crippen LogP contribution in [0.2, 0.25) is 0 Å². The number of aliphatic carboxylic acids is 2. The number of unbranched alkanes of at least 4 members (excludes halogenated alkanes) is 6. The third-order valence-electron chi connectivity index (χ3n) is 3.92. The smallest absolute Gasteiger partial charge is 1.00 e. The van der Waals surface area contributed by atoms with Crippen molar-refractivity contribution in [2.75, 3.05) is 0 Å². The number of carbonyl (C=O) groups is 2. The van der Waals surface area contributed by atoms with Gasteiger partial charge in [0.25, 0.3) is 0 Å². The van der Waals surface area contributed by atoms with Crippen molar-refractivity contribution in [1.82, 2.24) is 0 Å². The minimum absolute atomic E-state index is 0. The van der Waals surface area contributed by atoms with Crippen LogP contribution in [0.1, 0.15) is 75.0 Å². The first-order chi connectivity index (χ1) is 8.89. The maximum atomic E-state index is 11.3. The Bertz CT molecular complexity index is 285. The van der Waals surface area contributed by atoms with Crippen LogP contribution in [-0.4, -0.2) is 59.9 Å². The predicted octanol–water partition coefficient (Wildman–Crippen LogP) is 3.78. The molecule has 0 atom stereocenters. The van der Waals surface area contributed by atoms with Crippen molar-refractivity contribution in [1.29, 1.82) is 0 Å². The van der Waals surface area contributed by atoms with Gasteiger partial charge in [0.15, 0.2) is 5.41 Å². The van der Waals surface area contributed by atoms with Crippen LogP contribution < -0.4 is 0 Å². The quantitative estimate of drug-likeness (QED) is 0.346. The molecule has 20 heavy (non-hydrogen) atoms. The molecule has 116 valence electrons. The summed E-state index contributed by atoms with van der Waals surface area (Å²) in [7, 11) is 0. The molecular weight excluding hydrogens is 284 g/mol. The minimum atomic E-state index is -1.62. The third kappa shape index (κ3) is 6.77. The zero-order valence-corrected chi connectivity index (χ0v) is 15.4. The fourth-order valence-corrected chi connectivity index (χ4v) is 2.45. The molecule has 0 saturated heterocycles. The van der Waals surface area contributed by atoms with Gasteiger partial charge in [-0.2, -0.15) is 0 Å². The maximum absolute atomic E-state index is 11.3. The van der Waals surface area contributed by atoms with Crippen molar-refractivity contribution < 1.29 is 22.7 Å². The van der Waals surface area contributed by atoms with Crippen molar-refractivity contribution in [2.45, 2.75) is 72.1 Å². The first kappa shape index (κ1) is 22.5. The molecular formula is C15H30CaO4. The van der Waals surface area contributed by atoms with Crippen molar-refractivity contribution >= 4 is 49.7 Å². The standard InChI is InChI=1S/C15H28O4.Ca.2H/c1-4-5-6-7-8-9-10-11-15(12(2)3,13(16)17)14(18)19;;;/h12H,4-11H2,1-3H3,(H,16,17)(H,18,19);;;/q;+2;2*-1. The molecule has 0 bridgehead atoms.